The minimum absolute atomic E-state index is 0. The van der Waals surface area contributed by atoms with Crippen molar-refractivity contribution in [3.8, 4) is 28.4 Å². The van der Waals surface area contributed by atoms with Gasteiger partial charge in [0.05, 0.1) is 13.2 Å². The fourth-order valence-corrected chi connectivity index (χ4v) is 8.30. The molecule has 0 amide bonds. The molecule has 4 heterocycles. The summed E-state index contributed by atoms with van der Waals surface area (Å²) in [5, 5.41) is 0. The van der Waals surface area contributed by atoms with Gasteiger partial charge in [-0.2, -0.15) is 15.0 Å². The molecule has 5 aromatic rings. The number of para-hydroxylation sites is 2. The maximum atomic E-state index is 6.32. The Labute approximate surface area is 312 Å². The van der Waals surface area contributed by atoms with Crippen LogP contribution in [-0.4, -0.2) is 60.1 Å². The van der Waals surface area contributed by atoms with E-state index in [1.165, 1.54) is 41.5 Å². The van der Waals surface area contributed by atoms with Gasteiger partial charge in [-0.25, -0.2) is 0 Å². The Balaban J connectivity index is 0.00000374. The van der Waals surface area contributed by atoms with Crippen molar-refractivity contribution in [2.24, 2.45) is 0 Å². The van der Waals surface area contributed by atoms with Crippen molar-refractivity contribution in [3.63, 3.8) is 0 Å². The Bertz CT molecular complexity index is 1970. The van der Waals surface area contributed by atoms with Crippen LogP contribution in [0.25, 0.3) is 22.6 Å². The molecular formula is C41H41IrN6O3-. The van der Waals surface area contributed by atoms with Crippen LogP contribution >= 0.6 is 0 Å². The van der Waals surface area contributed by atoms with Crippen LogP contribution in [0.2, 0.25) is 0 Å². The zero-order valence-electron chi connectivity index (χ0n) is 28.8. The van der Waals surface area contributed by atoms with Gasteiger partial charge in [0, 0.05) is 69.1 Å². The Morgan fingerprint density at radius 2 is 1.47 bits per heavy atom. The molecular weight excluding hydrogens is 817 g/mol. The zero-order valence-corrected chi connectivity index (χ0v) is 31.2. The van der Waals surface area contributed by atoms with Crippen LogP contribution in [0, 0.1) is 6.07 Å². The Hall–Kier alpha value is -4.21. The molecule has 0 N–H and O–H groups in total. The maximum absolute atomic E-state index is 6.32. The summed E-state index contributed by atoms with van der Waals surface area (Å²) in [5.41, 5.74) is 10.2. The summed E-state index contributed by atoms with van der Waals surface area (Å²) in [4.78, 5) is 24.9. The summed E-state index contributed by atoms with van der Waals surface area (Å²) < 4.78 is 17.2. The van der Waals surface area contributed by atoms with Gasteiger partial charge in [-0.15, -0.1) is 34.9 Å². The van der Waals surface area contributed by atoms with Crippen molar-refractivity contribution in [3.05, 3.63) is 101 Å². The van der Waals surface area contributed by atoms with E-state index < -0.39 is 0 Å². The summed E-state index contributed by atoms with van der Waals surface area (Å²) in [7, 11) is 1.66. The number of nitrogens with zero attached hydrogens (tertiary/aromatic N) is 6. The Morgan fingerprint density at radius 1 is 0.804 bits per heavy atom. The van der Waals surface area contributed by atoms with Crippen molar-refractivity contribution in [1.29, 1.82) is 0 Å². The molecule has 0 saturated heterocycles. The van der Waals surface area contributed by atoms with Crippen molar-refractivity contribution < 1.29 is 34.3 Å². The maximum Gasteiger partial charge on any atom is 0.235 e. The molecule has 2 aliphatic carbocycles. The van der Waals surface area contributed by atoms with Crippen LogP contribution < -0.4 is 14.5 Å². The van der Waals surface area contributed by atoms with E-state index in [9.17, 15) is 0 Å². The van der Waals surface area contributed by atoms with Gasteiger partial charge in [-0.1, -0.05) is 42.8 Å². The van der Waals surface area contributed by atoms with Gasteiger partial charge in [-0.05, 0) is 79.7 Å². The van der Waals surface area contributed by atoms with E-state index in [-0.39, 0.29) is 26.9 Å². The van der Waals surface area contributed by atoms with Crippen LogP contribution in [-0.2, 0) is 42.4 Å². The largest absolute Gasteiger partial charge is 0.475 e. The van der Waals surface area contributed by atoms with E-state index in [0.717, 1.165) is 67.0 Å². The zero-order chi connectivity index (χ0) is 33.4. The number of hydrogen-bond donors (Lipinski definition) is 0. The molecule has 1 radical (unpaired) electrons. The fraction of sp³-hybridized carbons (Fsp3) is 0.366. The molecule has 10 heteroatoms. The predicted molar refractivity (Wildman–Crippen MR) is 194 cm³/mol. The minimum Gasteiger partial charge on any atom is -0.475 e. The number of hydrogen-bond acceptors (Lipinski definition) is 9. The first-order chi connectivity index (χ1) is 24.7. The second-order valence-corrected chi connectivity index (χ2v) is 13.7. The molecule has 1 fully saturated rings. The van der Waals surface area contributed by atoms with Crippen molar-refractivity contribution in [1.82, 2.24) is 19.9 Å². The number of fused-ring (bicyclic) bond motifs is 7. The number of anilines is 4. The van der Waals surface area contributed by atoms with E-state index >= 15 is 0 Å². The SMILES string of the molecule is COCCOCOc1cc(-c2nc(N3CCCc4ccccc43)nc(N3CCCc4ccccc43)n2)cnc1-c1[c-]cc2c(c1)C1CCC2C1.[Ir]. The molecule has 9 rings (SSSR count). The summed E-state index contributed by atoms with van der Waals surface area (Å²) in [6, 6.07) is 27.1. The molecule has 4 aliphatic rings. The van der Waals surface area contributed by atoms with Gasteiger partial charge < -0.3 is 29.0 Å². The first kappa shape index (κ1) is 33.9. The number of methoxy groups -OCH3 is 1. The number of pyridine rings is 1. The van der Waals surface area contributed by atoms with E-state index in [2.05, 4.69) is 76.5 Å². The van der Waals surface area contributed by atoms with Gasteiger partial charge in [-0.3, -0.25) is 0 Å². The number of benzene rings is 3. The van der Waals surface area contributed by atoms with Gasteiger partial charge in [0.2, 0.25) is 11.9 Å². The number of aromatic nitrogens is 4. The van der Waals surface area contributed by atoms with E-state index in [1.54, 1.807) is 7.11 Å². The molecule has 3 aromatic carbocycles. The molecule has 1 saturated carbocycles. The van der Waals surface area contributed by atoms with Crippen LogP contribution in [0.5, 0.6) is 5.75 Å². The normalized spacial score (nSPS) is 18.5. The minimum atomic E-state index is 0. The van der Waals surface area contributed by atoms with E-state index in [4.69, 9.17) is 34.1 Å². The monoisotopic (exact) mass is 858 g/mol. The first-order valence-electron chi connectivity index (χ1n) is 18.0. The second-order valence-electron chi connectivity index (χ2n) is 13.7. The third kappa shape index (κ3) is 6.55. The molecule has 2 aliphatic heterocycles. The number of rotatable bonds is 10. The van der Waals surface area contributed by atoms with Crippen LogP contribution in [0.15, 0.2) is 72.9 Å². The summed E-state index contributed by atoms with van der Waals surface area (Å²) in [6.45, 7) is 2.65. The summed E-state index contributed by atoms with van der Waals surface area (Å²) in [6.07, 6.45) is 9.78. The van der Waals surface area contributed by atoms with Gasteiger partial charge >= 0.3 is 0 Å². The molecule has 51 heavy (non-hydrogen) atoms. The van der Waals surface area contributed by atoms with Gasteiger partial charge in [0.25, 0.3) is 0 Å². The fourth-order valence-electron chi connectivity index (χ4n) is 8.30. The first-order valence-corrected chi connectivity index (χ1v) is 18.0. The Kier molecular flexibility index (Phi) is 9.84. The van der Waals surface area contributed by atoms with Crippen LogP contribution in [0.3, 0.4) is 0 Å². The summed E-state index contributed by atoms with van der Waals surface area (Å²) >= 11 is 0. The third-order valence-electron chi connectivity index (χ3n) is 10.7. The average molecular weight is 858 g/mol. The quantitative estimate of drug-likeness (QED) is 0.0791. The van der Waals surface area contributed by atoms with Crippen molar-refractivity contribution in [2.45, 2.75) is 56.8 Å². The number of ether oxygens (including phenoxy) is 3. The van der Waals surface area contributed by atoms with E-state index in [0.29, 0.717) is 48.5 Å². The standard InChI is InChI=1S/C41H41N6O3.Ir/c1-48-20-21-49-26-50-37-24-32(25-42-38(37)31-16-17-33-29-14-15-30(22-29)34(33)23-31)39-43-40(46-18-6-10-27-8-2-4-12-35(27)46)45-41(44-39)47-19-7-11-28-9-3-5-13-36(28)47;/h2-5,8-9,12-13,17,23-25,29-30H,6-7,10-11,14-15,18-22,26H2,1H3;/q-1;. The molecule has 2 atom stereocenters. The molecule has 2 unspecified atom stereocenters. The molecule has 2 aromatic heterocycles. The van der Waals surface area contributed by atoms with Crippen LogP contribution in [0.4, 0.5) is 23.3 Å². The van der Waals surface area contributed by atoms with Crippen LogP contribution in [0.1, 0.15) is 66.2 Å². The topological polar surface area (TPSA) is 85.7 Å². The average Bonchev–Trinajstić information content (AvgIpc) is 3.80. The van der Waals surface area contributed by atoms with E-state index in [1.807, 2.05) is 12.3 Å². The predicted octanol–water partition coefficient (Wildman–Crippen LogP) is 7.93. The van der Waals surface area contributed by atoms with Crippen molar-refractivity contribution in [2.75, 3.05) is 50.0 Å². The Morgan fingerprint density at radius 3 is 2.16 bits per heavy atom. The second kappa shape index (κ2) is 14.8. The smallest absolute Gasteiger partial charge is 0.235 e. The van der Waals surface area contributed by atoms with Gasteiger partial charge in [0.1, 0.15) is 5.75 Å². The molecule has 263 valence electrons. The molecule has 2 bridgehead atoms. The molecule has 9 nitrogen and oxygen atoms in total. The third-order valence-corrected chi connectivity index (χ3v) is 10.7. The van der Waals surface area contributed by atoms with Gasteiger partial charge in [0.15, 0.2) is 12.6 Å². The molecule has 0 spiro atoms. The van der Waals surface area contributed by atoms with Crippen molar-refractivity contribution >= 4 is 23.3 Å². The summed E-state index contributed by atoms with van der Waals surface area (Å²) in [5.74, 6) is 3.73. The number of aryl methyl sites for hydroxylation is 2.